The van der Waals surface area contributed by atoms with Gasteiger partial charge in [-0.1, -0.05) is 25.7 Å². The Hall–Kier alpha value is -1.95. The van der Waals surface area contributed by atoms with E-state index in [2.05, 4.69) is 20.2 Å². The number of nitrogens with zero attached hydrogens (tertiary/aromatic N) is 3. The zero-order valence-corrected chi connectivity index (χ0v) is 14.7. The molecule has 1 aromatic heterocycles. The summed E-state index contributed by atoms with van der Waals surface area (Å²) < 4.78 is 0. The van der Waals surface area contributed by atoms with Crippen molar-refractivity contribution in [3.8, 4) is 0 Å². The van der Waals surface area contributed by atoms with Gasteiger partial charge in [0.1, 0.15) is 5.82 Å². The third kappa shape index (κ3) is 5.53. The molecule has 1 atom stereocenters. The number of nitrogens with one attached hydrogen (secondary N) is 1. The van der Waals surface area contributed by atoms with E-state index in [9.17, 15) is 4.79 Å². The first-order chi connectivity index (χ1) is 12.2. The zero-order chi connectivity index (χ0) is 17.5. The summed E-state index contributed by atoms with van der Waals surface area (Å²) in [4.78, 5) is 21.8. The zero-order valence-electron chi connectivity index (χ0n) is 14.7. The van der Waals surface area contributed by atoms with Crippen LogP contribution in [0.3, 0.4) is 0 Å². The fraction of sp³-hybridized carbons (Fsp3) is 0.632. The van der Waals surface area contributed by atoms with Gasteiger partial charge < -0.3 is 10.4 Å². The van der Waals surface area contributed by atoms with Crippen molar-refractivity contribution in [2.75, 3.05) is 18.4 Å². The molecule has 25 heavy (non-hydrogen) atoms. The molecule has 0 radical (unpaired) electrons. The third-order valence-electron chi connectivity index (χ3n) is 5.21. The van der Waals surface area contributed by atoms with Gasteiger partial charge in [-0.15, -0.1) is 0 Å². The van der Waals surface area contributed by atoms with E-state index < -0.39 is 5.97 Å². The standard InChI is InChI=1S/C19H28N4O2/c24-19(25)10-9-15-12-21-18(13-20-15)22-16-6-5-11-23(14-16)17-7-3-1-2-4-8-17/h9-10,12-13,16-17H,1-8,11,14H2,(H,21,22)(H,24,25)/t16-/m1/s1. The van der Waals surface area contributed by atoms with Gasteiger partial charge >= 0.3 is 5.97 Å². The highest BCUT2D eigenvalue weighted by atomic mass is 16.4. The number of anilines is 1. The summed E-state index contributed by atoms with van der Waals surface area (Å²) in [6.45, 7) is 2.29. The van der Waals surface area contributed by atoms with Crippen LogP contribution < -0.4 is 5.32 Å². The minimum Gasteiger partial charge on any atom is -0.478 e. The monoisotopic (exact) mass is 344 g/mol. The summed E-state index contributed by atoms with van der Waals surface area (Å²) in [5.41, 5.74) is 0.552. The first-order valence-electron chi connectivity index (χ1n) is 9.44. The predicted octanol–water partition coefficient (Wildman–Crippen LogP) is 3.17. The number of rotatable bonds is 5. The van der Waals surface area contributed by atoms with Crippen LogP contribution in [0.1, 0.15) is 57.1 Å². The summed E-state index contributed by atoms with van der Waals surface area (Å²) in [5, 5.41) is 12.1. The second kappa shape index (κ2) is 8.94. The van der Waals surface area contributed by atoms with Crippen LogP contribution in [0.15, 0.2) is 18.5 Å². The number of likely N-dealkylation sites (tertiary alicyclic amines) is 1. The molecule has 136 valence electrons. The van der Waals surface area contributed by atoms with E-state index in [0.717, 1.165) is 30.9 Å². The Labute approximate surface area is 149 Å². The minimum atomic E-state index is -0.982. The second-order valence-corrected chi connectivity index (χ2v) is 7.12. The van der Waals surface area contributed by atoms with Crippen LogP contribution in [-0.4, -0.2) is 51.1 Å². The van der Waals surface area contributed by atoms with Gasteiger partial charge in [-0.25, -0.2) is 9.78 Å². The van der Waals surface area contributed by atoms with Gasteiger partial charge in [-0.2, -0.15) is 0 Å². The molecule has 2 heterocycles. The number of carboxylic acid groups (broad SMARTS) is 1. The summed E-state index contributed by atoms with van der Waals surface area (Å²) >= 11 is 0. The highest BCUT2D eigenvalue weighted by molar-refractivity contribution is 5.84. The smallest absolute Gasteiger partial charge is 0.328 e. The normalized spacial score (nSPS) is 23.4. The average molecular weight is 344 g/mol. The number of hydrogen-bond acceptors (Lipinski definition) is 5. The molecule has 6 nitrogen and oxygen atoms in total. The Kier molecular flexibility index (Phi) is 6.39. The van der Waals surface area contributed by atoms with Crippen molar-refractivity contribution >= 4 is 17.9 Å². The molecule has 0 unspecified atom stereocenters. The van der Waals surface area contributed by atoms with Gasteiger partial charge in [0, 0.05) is 24.7 Å². The first-order valence-corrected chi connectivity index (χ1v) is 9.44. The van der Waals surface area contributed by atoms with Crippen LogP contribution in [0.4, 0.5) is 5.82 Å². The quantitative estimate of drug-likeness (QED) is 0.631. The molecule has 3 rings (SSSR count). The number of aromatic nitrogens is 2. The number of carbonyl (C=O) groups is 1. The largest absolute Gasteiger partial charge is 0.478 e. The van der Waals surface area contributed by atoms with Gasteiger partial charge in [-0.05, 0) is 38.3 Å². The molecule has 0 bridgehead atoms. The molecule has 2 fully saturated rings. The Morgan fingerprint density at radius 2 is 1.92 bits per heavy atom. The minimum absolute atomic E-state index is 0.409. The number of hydrogen-bond donors (Lipinski definition) is 2. The van der Waals surface area contributed by atoms with Gasteiger partial charge in [0.25, 0.3) is 0 Å². The lowest BCUT2D eigenvalue weighted by Crippen LogP contribution is -2.47. The Morgan fingerprint density at radius 3 is 2.60 bits per heavy atom. The van der Waals surface area contributed by atoms with Crippen molar-refractivity contribution < 1.29 is 9.90 Å². The highest BCUT2D eigenvalue weighted by Crippen LogP contribution is 2.25. The highest BCUT2D eigenvalue weighted by Gasteiger charge is 2.26. The topological polar surface area (TPSA) is 78.3 Å². The maximum atomic E-state index is 10.5. The van der Waals surface area contributed by atoms with Gasteiger partial charge in [0.05, 0.1) is 18.1 Å². The maximum Gasteiger partial charge on any atom is 0.328 e. The average Bonchev–Trinajstić information content (AvgIpc) is 2.91. The molecule has 1 aliphatic heterocycles. The van der Waals surface area contributed by atoms with Gasteiger partial charge in [0.2, 0.25) is 0 Å². The fourth-order valence-electron chi connectivity index (χ4n) is 3.94. The van der Waals surface area contributed by atoms with Crippen molar-refractivity contribution in [3.05, 3.63) is 24.2 Å². The summed E-state index contributed by atoms with van der Waals surface area (Å²) in [6, 6.07) is 1.16. The van der Waals surface area contributed by atoms with Crippen LogP contribution >= 0.6 is 0 Å². The van der Waals surface area contributed by atoms with E-state index in [1.807, 2.05) is 0 Å². The van der Waals surface area contributed by atoms with E-state index in [4.69, 9.17) is 5.11 Å². The lowest BCUT2D eigenvalue weighted by molar-refractivity contribution is -0.131. The van der Waals surface area contributed by atoms with Crippen LogP contribution in [-0.2, 0) is 4.79 Å². The van der Waals surface area contributed by atoms with Crippen LogP contribution in [0.5, 0.6) is 0 Å². The molecule has 0 aromatic carbocycles. The lowest BCUT2D eigenvalue weighted by Gasteiger charge is -2.38. The predicted molar refractivity (Wildman–Crippen MR) is 98.4 cm³/mol. The maximum absolute atomic E-state index is 10.5. The van der Waals surface area contributed by atoms with Crippen molar-refractivity contribution in [2.45, 2.75) is 63.5 Å². The molecular weight excluding hydrogens is 316 g/mol. The first kappa shape index (κ1) is 17.9. The van der Waals surface area contributed by atoms with Gasteiger partial charge in [0.15, 0.2) is 0 Å². The molecule has 2 N–H and O–H groups in total. The SMILES string of the molecule is O=C(O)C=Cc1cnc(N[C@@H]2CCCN(C3CCCCCC3)C2)cn1. The summed E-state index contributed by atoms with van der Waals surface area (Å²) in [7, 11) is 0. The Balaban J connectivity index is 1.54. The number of aliphatic carboxylic acids is 1. The van der Waals surface area contributed by atoms with E-state index in [1.165, 1.54) is 57.6 Å². The fourth-order valence-corrected chi connectivity index (χ4v) is 3.94. The van der Waals surface area contributed by atoms with E-state index in [1.54, 1.807) is 12.4 Å². The third-order valence-corrected chi connectivity index (χ3v) is 5.21. The molecule has 2 aliphatic rings. The van der Waals surface area contributed by atoms with Crippen LogP contribution in [0.25, 0.3) is 6.08 Å². The van der Waals surface area contributed by atoms with Crippen molar-refractivity contribution in [1.29, 1.82) is 0 Å². The van der Waals surface area contributed by atoms with Crippen molar-refractivity contribution in [2.24, 2.45) is 0 Å². The Bertz CT molecular complexity index is 580. The second-order valence-electron chi connectivity index (χ2n) is 7.12. The van der Waals surface area contributed by atoms with E-state index in [0.29, 0.717) is 11.7 Å². The lowest BCUT2D eigenvalue weighted by atomic mass is 10.00. The van der Waals surface area contributed by atoms with E-state index >= 15 is 0 Å². The number of piperidine rings is 1. The van der Waals surface area contributed by atoms with E-state index in [-0.39, 0.29) is 0 Å². The molecule has 1 aliphatic carbocycles. The molecule has 0 spiro atoms. The summed E-state index contributed by atoms with van der Waals surface area (Å²) in [6.07, 6.45) is 16.4. The molecule has 1 aromatic rings. The number of carboxylic acids is 1. The van der Waals surface area contributed by atoms with Crippen LogP contribution in [0.2, 0.25) is 0 Å². The van der Waals surface area contributed by atoms with Gasteiger partial charge in [-0.3, -0.25) is 9.88 Å². The van der Waals surface area contributed by atoms with Crippen LogP contribution in [0, 0.1) is 0 Å². The summed E-state index contributed by atoms with van der Waals surface area (Å²) in [5.74, 6) is -0.218. The molecule has 1 saturated heterocycles. The molecule has 6 heteroatoms. The molecular formula is C19H28N4O2. The van der Waals surface area contributed by atoms with Crippen molar-refractivity contribution in [3.63, 3.8) is 0 Å². The molecule has 1 saturated carbocycles. The Morgan fingerprint density at radius 1 is 1.12 bits per heavy atom. The van der Waals surface area contributed by atoms with Crippen molar-refractivity contribution in [1.82, 2.24) is 14.9 Å². The molecule has 0 amide bonds.